The lowest BCUT2D eigenvalue weighted by atomic mass is 10.3. The summed E-state index contributed by atoms with van der Waals surface area (Å²) in [6, 6.07) is 3.12. The molecule has 0 saturated carbocycles. The highest BCUT2D eigenvalue weighted by Crippen LogP contribution is 2.24. The molecule has 0 aliphatic rings. The van der Waals surface area contributed by atoms with Crippen LogP contribution in [0, 0.1) is 0 Å². The molecule has 0 fully saturated rings. The van der Waals surface area contributed by atoms with E-state index in [9.17, 15) is 9.59 Å². The number of oxime groups is 1. The van der Waals surface area contributed by atoms with E-state index in [-0.39, 0.29) is 21.2 Å². The molecular formula is C19H18Cl4N6O6. The summed E-state index contributed by atoms with van der Waals surface area (Å²) in [5.74, 6) is -0.720. The zero-order valence-corrected chi connectivity index (χ0v) is 21.1. The van der Waals surface area contributed by atoms with E-state index in [1.807, 2.05) is 6.92 Å². The van der Waals surface area contributed by atoms with Gasteiger partial charge in [-0.25, -0.2) is 14.8 Å². The number of ether oxygens (including phenoxy) is 1. The fraction of sp³-hybridized carbons (Fsp3) is 0.211. The molecule has 3 rings (SSSR count). The van der Waals surface area contributed by atoms with Gasteiger partial charge in [0.05, 0.1) is 10.0 Å². The Hall–Kier alpha value is -3.19. The Bertz CT molecular complexity index is 1180. The number of carbonyl (C=O) groups excluding carboxylic acids is 1. The van der Waals surface area contributed by atoms with Gasteiger partial charge in [-0.05, 0) is 12.1 Å². The third-order valence-electron chi connectivity index (χ3n) is 3.42. The molecule has 188 valence electrons. The number of carboxylic acids is 1. The van der Waals surface area contributed by atoms with Crippen molar-refractivity contribution in [2.24, 2.45) is 10.9 Å². The molecule has 0 radical (unpaired) electrons. The van der Waals surface area contributed by atoms with Crippen molar-refractivity contribution < 1.29 is 29.2 Å². The second-order valence-corrected chi connectivity index (χ2v) is 7.55. The number of nitrogens with zero attached hydrogens (tertiary/aromatic N) is 5. The fourth-order valence-corrected chi connectivity index (χ4v) is 2.38. The van der Waals surface area contributed by atoms with Crippen molar-refractivity contribution in [1.82, 2.24) is 20.1 Å². The number of amidine groups is 1. The summed E-state index contributed by atoms with van der Waals surface area (Å²) in [5, 5.41) is 23.9. The summed E-state index contributed by atoms with van der Waals surface area (Å²) in [4.78, 5) is 31.3. The molecule has 0 unspecified atom stereocenters. The van der Waals surface area contributed by atoms with Crippen LogP contribution in [0.3, 0.4) is 0 Å². The number of aromatic nitrogens is 4. The minimum Gasteiger partial charge on any atom is -0.479 e. The van der Waals surface area contributed by atoms with Gasteiger partial charge in [-0.1, -0.05) is 63.6 Å². The predicted molar refractivity (Wildman–Crippen MR) is 128 cm³/mol. The van der Waals surface area contributed by atoms with Crippen molar-refractivity contribution in [2.45, 2.75) is 20.3 Å². The number of aryl methyl sites for hydroxylation is 1. The van der Waals surface area contributed by atoms with E-state index in [2.05, 4.69) is 30.0 Å². The average Bonchev–Trinajstić information content (AvgIpc) is 3.31. The number of esters is 1. The van der Waals surface area contributed by atoms with Crippen molar-refractivity contribution in [3.8, 4) is 11.4 Å². The standard InChI is InChI=1S/C9H7Cl2N3O.C6H5Cl2N3O.C4H6O4/c1-2-7-13-9(14-15-7)5-3-6(10)8(11)12-4-5;7-4-1-3(6(9)11-12)2-10-5(4)8;1-3(5)8-2-4(6)7/h3-4H,2H2,1H3;1-2,12H,(H2,9,11);2H2,1H3,(H,6,7). The highest BCUT2D eigenvalue weighted by atomic mass is 35.5. The van der Waals surface area contributed by atoms with Gasteiger partial charge in [-0.3, -0.25) is 4.79 Å². The molecule has 0 atom stereocenters. The van der Waals surface area contributed by atoms with Gasteiger partial charge in [0.1, 0.15) is 10.3 Å². The number of rotatable bonds is 5. The summed E-state index contributed by atoms with van der Waals surface area (Å²) in [6.07, 6.45) is 3.61. The van der Waals surface area contributed by atoms with E-state index < -0.39 is 18.5 Å². The van der Waals surface area contributed by atoms with Gasteiger partial charge in [0.25, 0.3) is 0 Å². The number of nitrogens with two attached hydrogens (primary N) is 1. The van der Waals surface area contributed by atoms with E-state index in [1.165, 1.54) is 12.3 Å². The summed E-state index contributed by atoms with van der Waals surface area (Å²) in [6.45, 7) is 2.54. The van der Waals surface area contributed by atoms with Crippen LogP contribution in [0.4, 0.5) is 0 Å². The highest BCUT2D eigenvalue weighted by Gasteiger charge is 2.09. The van der Waals surface area contributed by atoms with Crippen molar-refractivity contribution >= 4 is 64.2 Å². The highest BCUT2D eigenvalue weighted by molar-refractivity contribution is 6.41. The SMILES string of the molecule is CC(=O)OCC(=O)O.CCc1nc(-c2cnc(Cl)c(Cl)c2)no1.N/C(=N\O)c1cnc(Cl)c(Cl)c1. The lowest BCUT2D eigenvalue weighted by molar-refractivity contribution is -0.153. The fourth-order valence-electron chi connectivity index (χ4n) is 1.84. The van der Waals surface area contributed by atoms with E-state index in [0.29, 0.717) is 34.3 Å². The second-order valence-electron chi connectivity index (χ2n) is 6.02. The summed E-state index contributed by atoms with van der Waals surface area (Å²) < 4.78 is 9.04. The molecule has 0 aliphatic carbocycles. The van der Waals surface area contributed by atoms with Crippen LogP contribution < -0.4 is 5.73 Å². The first-order valence-corrected chi connectivity index (χ1v) is 10.8. The van der Waals surface area contributed by atoms with Crippen LogP contribution in [0.2, 0.25) is 20.4 Å². The number of carbonyl (C=O) groups is 2. The molecule has 0 amide bonds. The van der Waals surface area contributed by atoms with Gasteiger partial charge in [0.2, 0.25) is 11.7 Å². The maximum absolute atomic E-state index is 9.86. The van der Waals surface area contributed by atoms with Crippen LogP contribution in [0.25, 0.3) is 11.4 Å². The second kappa shape index (κ2) is 14.9. The minimum atomic E-state index is -1.14. The van der Waals surface area contributed by atoms with Gasteiger partial charge in [0, 0.05) is 36.9 Å². The first kappa shape index (κ1) is 29.8. The van der Waals surface area contributed by atoms with E-state index >= 15 is 0 Å². The monoisotopic (exact) mass is 566 g/mol. The number of hydrogen-bond donors (Lipinski definition) is 3. The van der Waals surface area contributed by atoms with E-state index in [1.54, 1.807) is 12.3 Å². The van der Waals surface area contributed by atoms with Gasteiger partial charge in [0.15, 0.2) is 12.4 Å². The number of aliphatic carboxylic acids is 1. The topological polar surface area (TPSA) is 187 Å². The van der Waals surface area contributed by atoms with Crippen molar-refractivity contribution in [3.63, 3.8) is 0 Å². The Balaban J connectivity index is 0.000000277. The first-order valence-electron chi connectivity index (χ1n) is 9.26. The van der Waals surface area contributed by atoms with E-state index in [0.717, 1.165) is 6.92 Å². The Morgan fingerprint density at radius 2 is 1.71 bits per heavy atom. The normalized spacial score (nSPS) is 10.4. The summed E-state index contributed by atoms with van der Waals surface area (Å²) in [7, 11) is 0. The lowest BCUT2D eigenvalue weighted by Gasteiger charge is -1.98. The first-order chi connectivity index (χ1) is 16.5. The molecule has 0 spiro atoms. The Morgan fingerprint density at radius 3 is 2.14 bits per heavy atom. The van der Waals surface area contributed by atoms with Crippen molar-refractivity contribution in [3.05, 3.63) is 56.3 Å². The largest absolute Gasteiger partial charge is 0.479 e. The Kier molecular flexibility index (Phi) is 12.7. The Labute approximate surface area is 218 Å². The van der Waals surface area contributed by atoms with Crippen LogP contribution in [0.5, 0.6) is 0 Å². The quantitative estimate of drug-likeness (QED) is 0.100. The molecule has 0 bridgehead atoms. The van der Waals surface area contributed by atoms with Crippen LogP contribution >= 0.6 is 46.4 Å². The molecule has 3 heterocycles. The summed E-state index contributed by atoms with van der Waals surface area (Å²) in [5.41, 5.74) is 6.38. The number of halogens is 4. The molecule has 12 nitrogen and oxygen atoms in total. The van der Waals surface area contributed by atoms with Crippen LogP contribution in [-0.2, 0) is 20.7 Å². The molecule has 3 aromatic heterocycles. The van der Waals surface area contributed by atoms with Gasteiger partial charge >= 0.3 is 11.9 Å². The molecule has 0 aromatic carbocycles. The third-order valence-corrected chi connectivity index (χ3v) is 4.80. The number of hydrogen-bond acceptors (Lipinski definition) is 10. The third kappa shape index (κ3) is 10.7. The molecule has 3 aromatic rings. The lowest BCUT2D eigenvalue weighted by Crippen LogP contribution is -2.13. The van der Waals surface area contributed by atoms with Gasteiger partial charge in [-0.15, -0.1) is 0 Å². The minimum absolute atomic E-state index is 0.0546. The van der Waals surface area contributed by atoms with Crippen molar-refractivity contribution in [1.29, 1.82) is 0 Å². The maximum Gasteiger partial charge on any atom is 0.341 e. The molecular weight excluding hydrogens is 550 g/mol. The van der Waals surface area contributed by atoms with Gasteiger partial charge < -0.3 is 25.3 Å². The molecule has 35 heavy (non-hydrogen) atoms. The zero-order valence-electron chi connectivity index (χ0n) is 18.1. The van der Waals surface area contributed by atoms with Crippen LogP contribution in [0.1, 0.15) is 25.3 Å². The number of pyridine rings is 2. The summed E-state index contributed by atoms with van der Waals surface area (Å²) >= 11 is 22.7. The smallest absolute Gasteiger partial charge is 0.341 e. The average molecular weight is 568 g/mol. The molecule has 16 heteroatoms. The van der Waals surface area contributed by atoms with Crippen LogP contribution in [-0.4, -0.2) is 54.8 Å². The Morgan fingerprint density at radius 1 is 1.11 bits per heavy atom. The maximum atomic E-state index is 9.86. The van der Waals surface area contributed by atoms with Crippen LogP contribution in [0.15, 0.2) is 34.2 Å². The van der Waals surface area contributed by atoms with Crippen molar-refractivity contribution in [2.75, 3.05) is 6.61 Å². The van der Waals surface area contributed by atoms with Gasteiger partial charge in [-0.2, -0.15) is 4.98 Å². The predicted octanol–water partition coefficient (Wildman–Crippen LogP) is 4.12. The zero-order chi connectivity index (χ0) is 26.5. The van der Waals surface area contributed by atoms with E-state index in [4.69, 9.17) is 67.0 Å². The molecule has 0 saturated heterocycles. The molecule has 4 N–H and O–H groups in total. The molecule has 0 aliphatic heterocycles. The number of carboxylic acid groups (broad SMARTS) is 1.